The van der Waals surface area contributed by atoms with Gasteiger partial charge in [-0.1, -0.05) is 42.5 Å². The van der Waals surface area contributed by atoms with Crippen molar-refractivity contribution in [1.82, 2.24) is 0 Å². The summed E-state index contributed by atoms with van der Waals surface area (Å²) in [5.41, 5.74) is 3.82. The zero-order valence-corrected chi connectivity index (χ0v) is 23.5. The van der Waals surface area contributed by atoms with Crippen LogP contribution < -0.4 is 5.32 Å². The number of nitrogens with one attached hydrogen (secondary N) is 1. The first-order valence-electron chi connectivity index (χ1n) is 14.1. The summed E-state index contributed by atoms with van der Waals surface area (Å²) in [7, 11) is 0. The molecule has 0 saturated heterocycles. The number of aliphatic imine (C=N–C) groups is 1. The van der Waals surface area contributed by atoms with Crippen LogP contribution in [0.2, 0.25) is 0 Å². The van der Waals surface area contributed by atoms with Gasteiger partial charge in [0.25, 0.3) is 0 Å². The van der Waals surface area contributed by atoms with Crippen molar-refractivity contribution in [2.75, 3.05) is 38.4 Å². The molecule has 0 bridgehead atoms. The Morgan fingerprint density at radius 3 is 2.07 bits per heavy atom. The molecule has 1 N–H and O–H groups in total. The number of ether oxygens (including phenoxy) is 3. The average Bonchev–Trinajstić information content (AvgIpc) is 3.45. The number of hydrogen-bond donors (Lipinski definition) is 1. The van der Waals surface area contributed by atoms with E-state index in [1.807, 2.05) is 36.4 Å². The summed E-state index contributed by atoms with van der Waals surface area (Å²) in [6.45, 7) is 0.923. The van der Waals surface area contributed by atoms with Gasteiger partial charge in [0, 0.05) is 24.4 Å². The van der Waals surface area contributed by atoms with Crippen LogP contribution >= 0.6 is 0 Å². The zero-order valence-electron chi connectivity index (χ0n) is 23.5. The number of nitrogens with zero attached hydrogens (tertiary/aromatic N) is 1. The van der Waals surface area contributed by atoms with Crippen molar-refractivity contribution >= 4 is 17.5 Å². The second-order valence-electron chi connectivity index (χ2n) is 9.98. The molecule has 0 aliphatic carbocycles. The van der Waals surface area contributed by atoms with Crippen molar-refractivity contribution in [2.24, 2.45) is 4.99 Å². The van der Waals surface area contributed by atoms with Crippen LogP contribution in [0.3, 0.4) is 0 Å². The van der Waals surface area contributed by atoms with Crippen molar-refractivity contribution in [3.05, 3.63) is 89.5 Å². The maximum Gasteiger partial charge on any atom is 0.411 e. The Morgan fingerprint density at radius 2 is 1.42 bits per heavy atom. The average molecular weight is 605 g/mol. The van der Waals surface area contributed by atoms with Gasteiger partial charge in [-0.2, -0.15) is 13.2 Å². The van der Waals surface area contributed by atoms with E-state index in [1.165, 1.54) is 18.2 Å². The molecule has 3 aromatic carbocycles. The molecule has 4 rings (SSSR count). The molecule has 3 aromatic rings. The lowest BCUT2D eigenvalue weighted by atomic mass is 9.99. The molecule has 1 unspecified atom stereocenters. The van der Waals surface area contributed by atoms with E-state index in [4.69, 9.17) is 14.2 Å². The highest BCUT2D eigenvalue weighted by Gasteiger charge is 2.26. The Hall–Kier alpha value is -3.83. The van der Waals surface area contributed by atoms with Gasteiger partial charge in [0.2, 0.25) is 0 Å². The number of anilines is 1. The third kappa shape index (κ3) is 10.1. The molecule has 1 aliphatic heterocycles. The first-order valence-corrected chi connectivity index (χ1v) is 14.1. The fourth-order valence-electron chi connectivity index (χ4n) is 4.64. The van der Waals surface area contributed by atoms with E-state index < -0.39 is 30.3 Å². The standard InChI is InChI=1S/C32H33F5N2O4/c33-26-4-3-5-27(34)30(26)29-15-14-28(39-29)24-8-6-22(7-9-24)23-10-12-25(13-11-23)38-31(40)43-21-20-42-19-18-41-17-2-1-16-32(35,36)37/h3-13,28H,1-2,14-21H2,(H,38,40). The minimum absolute atomic E-state index is 0.0314. The monoisotopic (exact) mass is 604 g/mol. The number of hydrogen-bond acceptors (Lipinski definition) is 5. The van der Waals surface area contributed by atoms with Gasteiger partial charge in [-0.05, 0) is 66.6 Å². The first kappa shape index (κ1) is 32.1. The summed E-state index contributed by atoms with van der Waals surface area (Å²) in [5.74, 6) is -1.21. The number of carbonyl (C=O) groups excluding carboxylic acids is 1. The fourth-order valence-corrected chi connectivity index (χ4v) is 4.64. The van der Waals surface area contributed by atoms with E-state index in [9.17, 15) is 26.7 Å². The summed E-state index contributed by atoms with van der Waals surface area (Å²) in [4.78, 5) is 16.6. The summed E-state index contributed by atoms with van der Waals surface area (Å²) in [5, 5.41) is 2.64. The Labute approximate surface area is 246 Å². The lowest BCUT2D eigenvalue weighted by Crippen LogP contribution is -2.17. The molecule has 0 aromatic heterocycles. The first-order chi connectivity index (χ1) is 20.7. The van der Waals surface area contributed by atoms with Gasteiger partial charge < -0.3 is 14.2 Å². The Morgan fingerprint density at radius 1 is 0.814 bits per heavy atom. The minimum Gasteiger partial charge on any atom is -0.447 e. The molecular formula is C32H33F5N2O4. The minimum atomic E-state index is -4.14. The molecule has 6 nitrogen and oxygen atoms in total. The lowest BCUT2D eigenvalue weighted by Gasteiger charge is -2.10. The largest absolute Gasteiger partial charge is 0.447 e. The molecular weight excluding hydrogens is 571 g/mol. The Kier molecular flexibility index (Phi) is 11.6. The molecule has 0 saturated carbocycles. The normalized spacial score (nSPS) is 14.9. The molecule has 1 atom stereocenters. The highest BCUT2D eigenvalue weighted by atomic mass is 19.4. The van der Waals surface area contributed by atoms with Crippen LogP contribution in [0.25, 0.3) is 11.1 Å². The molecule has 0 spiro atoms. The van der Waals surface area contributed by atoms with Crippen molar-refractivity contribution in [3.63, 3.8) is 0 Å². The molecule has 230 valence electrons. The van der Waals surface area contributed by atoms with Crippen LogP contribution in [-0.2, 0) is 14.2 Å². The van der Waals surface area contributed by atoms with E-state index in [-0.39, 0.29) is 51.1 Å². The van der Waals surface area contributed by atoms with Crippen LogP contribution in [0.5, 0.6) is 0 Å². The van der Waals surface area contributed by atoms with Gasteiger partial charge in [-0.25, -0.2) is 13.6 Å². The third-order valence-corrected chi connectivity index (χ3v) is 6.81. The molecule has 0 fully saturated rings. The molecule has 11 heteroatoms. The Balaban J connectivity index is 1.14. The third-order valence-electron chi connectivity index (χ3n) is 6.81. The number of benzene rings is 3. The van der Waals surface area contributed by atoms with Gasteiger partial charge in [0.1, 0.15) is 18.2 Å². The summed E-state index contributed by atoms with van der Waals surface area (Å²) >= 11 is 0. The second kappa shape index (κ2) is 15.6. The van der Waals surface area contributed by atoms with Crippen LogP contribution in [0.4, 0.5) is 32.4 Å². The van der Waals surface area contributed by atoms with Crippen molar-refractivity contribution in [1.29, 1.82) is 0 Å². The molecule has 43 heavy (non-hydrogen) atoms. The highest BCUT2D eigenvalue weighted by Crippen LogP contribution is 2.33. The van der Waals surface area contributed by atoms with Crippen molar-refractivity contribution in [2.45, 2.75) is 44.3 Å². The number of alkyl halides is 3. The molecule has 1 heterocycles. The van der Waals surface area contributed by atoms with Crippen LogP contribution in [0, 0.1) is 11.6 Å². The van der Waals surface area contributed by atoms with Gasteiger partial charge in [0.05, 0.1) is 31.4 Å². The number of carbonyl (C=O) groups is 1. The van der Waals surface area contributed by atoms with Crippen molar-refractivity contribution in [3.8, 4) is 11.1 Å². The van der Waals surface area contributed by atoms with E-state index in [1.54, 1.807) is 12.1 Å². The van der Waals surface area contributed by atoms with Gasteiger partial charge in [-0.3, -0.25) is 10.3 Å². The van der Waals surface area contributed by atoms with E-state index in [0.717, 1.165) is 16.7 Å². The SMILES string of the molecule is O=C(Nc1ccc(-c2ccc(C3CCC(c4c(F)cccc4F)=N3)cc2)cc1)OCCOCCOCCCCC(F)(F)F. The zero-order chi connectivity index (χ0) is 30.7. The van der Waals surface area contributed by atoms with E-state index in [2.05, 4.69) is 10.3 Å². The second-order valence-corrected chi connectivity index (χ2v) is 9.98. The van der Waals surface area contributed by atoms with Crippen molar-refractivity contribution < 1.29 is 41.0 Å². The fraction of sp³-hybridized carbons (Fsp3) is 0.375. The maximum atomic E-state index is 14.2. The van der Waals surface area contributed by atoms with Gasteiger partial charge in [-0.15, -0.1) is 0 Å². The smallest absolute Gasteiger partial charge is 0.411 e. The molecule has 1 aliphatic rings. The predicted octanol–water partition coefficient (Wildman–Crippen LogP) is 8.27. The van der Waals surface area contributed by atoms with Crippen LogP contribution in [-0.4, -0.2) is 51.0 Å². The van der Waals surface area contributed by atoms with Gasteiger partial charge in [0.15, 0.2) is 0 Å². The Bertz CT molecular complexity index is 1340. The summed E-state index contributed by atoms with van der Waals surface area (Å²) < 4.78 is 80.1. The van der Waals surface area contributed by atoms with E-state index in [0.29, 0.717) is 30.7 Å². The summed E-state index contributed by atoms with van der Waals surface area (Å²) in [6.07, 6.45) is -4.04. The lowest BCUT2D eigenvalue weighted by molar-refractivity contribution is -0.136. The van der Waals surface area contributed by atoms with Gasteiger partial charge >= 0.3 is 12.3 Å². The maximum absolute atomic E-state index is 14.2. The number of amides is 1. The molecule has 1 amide bonds. The molecule has 0 radical (unpaired) electrons. The number of unbranched alkanes of at least 4 members (excludes halogenated alkanes) is 1. The number of halogens is 5. The summed E-state index contributed by atoms with van der Waals surface area (Å²) in [6, 6.07) is 18.7. The quantitative estimate of drug-likeness (QED) is 0.149. The van der Waals surface area contributed by atoms with Crippen LogP contribution in [0.15, 0.2) is 71.7 Å². The predicted molar refractivity (Wildman–Crippen MR) is 153 cm³/mol. The topological polar surface area (TPSA) is 69.2 Å². The van der Waals surface area contributed by atoms with Crippen LogP contribution in [0.1, 0.15) is 49.3 Å². The highest BCUT2D eigenvalue weighted by molar-refractivity contribution is 6.02. The number of rotatable bonds is 14. The van der Waals surface area contributed by atoms with E-state index >= 15 is 0 Å².